The first-order chi connectivity index (χ1) is 9.19. The quantitative estimate of drug-likeness (QED) is 0.865. The van der Waals surface area contributed by atoms with E-state index in [4.69, 9.17) is 16.3 Å². The molecule has 2 aromatic carbocycles. The highest BCUT2D eigenvalue weighted by molar-refractivity contribution is 6.30. The van der Waals surface area contributed by atoms with Gasteiger partial charge in [-0.2, -0.15) is 0 Å². The van der Waals surface area contributed by atoms with E-state index < -0.39 is 0 Å². The molecule has 3 nitrogen and oxygen atoms in total. The second kappa shape index (κ2) is 6.25. The lowest BCUT2D eigenvalue weighted by Crippen LogP contribution is -1.88. The maximum atomic E-state index is 9.70. The van der Waals surface area contributed by atoms with E-state index in [-0.39, 0.29) is 5.75 Å². The van der Waals surface area contributed by atoms with E-state index >= 15 is 0 Å². The van der Waals surface area contributed by atoms with Crippen molar-refractivity contribution in [3.8, 4) is 11.5 Å². The molecule has 0 saturated carbocycles. The Labute approximate surface area is 117 Å². The lowest BCUT2D eigenvalue weighted by molar-refractivity contribution is 0.412. The molecule has 0 aliphatic heterocycles. The molecule has 19 heavy (non-hydrogen) atoms. The third-order valence-corrected chi connectivity index (χ3v) is 2.86. The number of hydrogen-bond donors (Lipinski definition) is 1. The van der Waals surface area contributed by atoms with Crippen molar-refractivity contribution in [3.63, 3.8) is 0 Å². The topological polar surface area (TPSA) is 41.8 Å². The number of phenolic OH excluding ortho intramolecular Hbond substituents is 1. The van der Waals surface area contributed by atoms with E-state index in [0.717, 1.165) is 5.56 Å². The average Bonchev–Trinajstić information content (AvgIpc) is 2.41. The van der Waals surface area contributed by atoms with Crippen LogP contribution in [0.5, 0.6) is 11.5 Å². The predicted octanol–water partition coefficient (Wildman–Crippen LogP) is 3.67. The second-order valence-corrected chi connectivity index (χ2v) is 4.46. The summed E-state index contributed by atoms with van der Waals surface area (Å²) < 4.78 is 5.10. The fourth-order valence-corrected chi connectivity index (χ4v) is 1.86. The van der Waals surface area contributed by atoms with E-state index in [2.05, 4.69) is 4.99 Å². The van der Waals surface area contributed by atoms with Gasteiger partial charge in [0, 0.05) is 16.8 Å². The summed E-state index contributed by atoms with van der Waals surface area (Å²) >= 11 is 5.90. The number of phenols is 1. The van der Waals surface area contributed by atoms with Crippen LogP contribution in [-0.4, -0.2) is 18.4 Å². The maximum absolute atomic E-state index is 9.70. The van der Waals surface area contributed by atoms with Gasteiger partial charge in [-0.25, -0.2) is 0 Å². The first kappa shape index (κ1) is 13.4. The van der Waals surface area contributed by atoms with Crippen LogP contribution in [0.25, 0.3) is 0 Å². The van der Waals surface area contributed by atoms with Crippen LogP contribution < -0.4 is 4.74 Å². The van der Waals surface area contributed by atoms with Crippen molar-refractivity contribution in [2.45, 2.75) is 6.54 Å². The number of methoxy groups -OCH3 is 1. The van der Waals surface area contributed by atoms with Crippen LogP contribution in [0.1, 0.15) is 11.1 Å². The fraction of sp³-hybridized carbons (Fsp3) is 0.133. The second-order valence-electron chi connectivity index (χ2n) is 4.02. The van der Waals surface area contributed by atoms with E-state index in [1.807, 2.05) is 24.3 Å². The summed E-state index contributed by atoms with van der Waals surface area (Å²) in [4.78, 5) is 4.29. The van der Waals surface area contributed by atoms with Gasteiger partial charge in [-0.05, 0) is 35.9 Å². The predicted molar refractivity (Wildman–Crippen MR) is 77.4 cm³/mol. The van der Waals surface area contributed by atoms with Gasteiger partial charge in [0.15, 0.2) is 0 Å². The Morgan fingerprint density at radius 1 is 1.26 bits per heavy atom. The van der Waals surface area contributed by atoms with E-state index in [1.165, 1.54) is 0 Å². The van der Waals surface area contributed by atoms with Gasteiger partial charge >= 0.3 is 0 Å². The highest BCUT2D eigenvalue weighted by atomic mass is 35.5. The summed E-state index contributed by atoms with van der Waals surface area (Å²) in [6.45, 7) is 0.511. The molecule has 0 aromatic heterocycles. The van der Waals surface area contributed by atoms with Crippen LogP contribution in [-0.2, 0) is 6.54 Å². The zero-order valence-electron chi connectivity index (χ0n) is 10.5. The number of halogens is 1. The highest BCUT2D eigenvalue weighted by Gasteiger charge is 2.00. The zero-order chi connectivity index (χ0) is 13.7. The standard InChI is InChI=1S/C15H14ClNO2/c1-19-14-5-6-15(18)12(8-14)10-17-9-11-3-2-4-13(16)7-11/h2-8,10,18H,9H2,1H3. The van der Waals surface area contributed by atoms with Crippen LogP contribution in [0, 0.1) is 0 Å². The zero-order valence-corrected chi connectivity index (χ0v) is 11.3. The number of aromatic hydroxyl groups is 1. The number of nitrogens with zero attached hydrogens (tertiary/aromatic N) is 1. The minimum atomic E-state index is 0.177. The molecule has 0 heterocycles. The number of benzene rings is 2. The van der Waals surface area contributed by atoms with Crippen LogP contribution in [0.4, 0.5) is 0 Å². The summed E-state index contributed by atoms with van der Waals surface area (Å²) in [6.07, 6.45) is 1.62. The molecule has 0 bridgehead atoms. The smallest absolute Gasteiger partial charge is 0.124 e. The Balaban J connectivity index is 2.10. The van der Waals surface area contributed by atoms with Gasteiger partial charge in [0.25, 0.3) is 0 Å². The van der Waals surface area contributed by atoms with Gasteiger partial charge in [-0.3, -0.25) is 4.99 Å². The minimum Gasteiger partial charge on any atom is -0.507 e. The summed E-state index contributed by atoms with van der Waals surface area (Å²) in [5.41, 5.74) is 1.65. The van der Waals surface area contributed by atoms with Crippen molar-refractivity contribution in [1.29, 1.82) is 0 Å². The molecule has 0 fully saturated rings. The Bertz CT molecular complexity index is 596. The highest BCUT2D eigenvalue weighted by Crippen LogP contribution is 2.21. The molecule has 0 amide bonds. The molecule has 0 radical (unpaired) electrons. The first-order valence-corrected chi connectivity index (χ1v) is 6.18. The van der Waals surface area contributed by atoms with Crippen molar-refractivity contribution >= 4 is 17.8 Å². The maximum Gasteiger partial charge on any atom is 0.124 e. The number of ether oxygens (including phenoxy) is 1. The molecule has 1 N–H and O–H groups in total. The van der Waals surface area contributed by atoms with Gasteiger partial charge in [0.1, 0.15) is 11.5 Å². The molecular formula is C15H14ClNO2. The van der Waals surface area contributed by atoms with E-state index in [0.29, 0.717) is 22.9 Å². The fourth-order valence-electron chi connectivity index (χ4n) is 1.65. The summed E-state index contributed by atoms with van der Waals surface area (Å²) in [7, 11) is 1.58. The van der Waals surface area contributed by atoms with Crippen molar-refractivity contribution in [2.24, 2.45) is 4.99 Å². The van der Waals surface area contributed by atoms with Crippen molar-refractivity contribution in [2.75, 3.05) is 7.11 Å². The third-order valence-electron chi connectivity index (χ3n) is 2.63. The molecule has 98 valence electrons. The molecule has 4 heteroatoms. The lowest BCUT2D eigenvalue weighted by atomic mass is 10.2. The van der Waals surface area contributed by atoms with E-state index in [1.54, 1.807) is 31.5 Å². The molecular weight excluding hydrogens is 262 g/mol. The molecule has 2 aromatic rings. The lowest BCUT2D eigenvalue weighted by Gasteiger charge is -2.03. The molecule has 0 atom stereocenters. The monoisotopic (exact) mass is 275 g/mol. The molecule has 0 spiro atoms. The number of hydrogen-bond acceptors (Lipinski definition) is 3. The average molecular weight is 276 g/mol. The van der Waals surface area contributed by atoms with Gasteiger partial charge in [-0.1, -0.05) is 23.7 Å². The Kier molecular flexibility index (Phi) is 4.42. The van der Waals surface area contributed by atoms with Crippen LogP contribution in [0.3, 0.4) is 0 Å². The molecule has 0 saturated heterocycles. The minimum absolute atomic E-state index is 0.177. The molecule has 0 aliphatic rings. The van der Waals surface area contributed by atoms with Crippen molar-refractivity contribution < 1.29 is 9.84 Å². The van der Waals surface area contributed by atoms with Crippen molar-refractivity contribution in [3.05, 3.63) is 58.6 Å². The molecule has 0 aliphatic carbocycles. The van der Waals surface area contributed by atoms with Gasteiger partial charge in [0.05, 0.1) is 13.7 Å². The molecule has 0 unspecified atom stereocenters. The van der Waals surface area contributed by atoms with Crippen LogP contribution in [0.15, 0.2) is 47.5 Å². The van der Waals surface area contributed by atoms with Crippen molar-refractivity contribution in [1.82, 2.24) is 0 Å². The van der Waals surface area contributed by atoms with Crippen LogP contribution in [0.2, 0.25) is 5.02 Å². The summed E-state index contributed by atoms with van der Waals surface area (Å²) in [6, 6.07) is 12.5. The van der Waals surface area contributed by atoms with Gasteiger partial charge < -0.3 is 9.84 Å². The number of rotatable bonds is 4. The summed E-state index contributed by atoms with van der Waals surface area (Å²) in [5.74, 6) is 0.859. The Morgan fingerprint density at radius 3 is 2.84 bits per heavy atom. The van der Waals surface area contributed by atoms with Gasteiger partial charge in [0.2, 0.25) is 0 Å². The normalized spacial score (nSPS) is 10.8. The van der Waals surface area contributed by atoms with Crippen LogP contribution >= 0.6 is 11.6 Å². The first-order valence-electron chi connectivity index (χ1n) is 5.80. The molecule has 2 rings (SSSR count). The largest absolute Gasteiger partial charge is 0.507 e. The Hall–Kier alpha value is -2.00. The third kappa shape index (κ3) is 3.73. The summed E-state index contributed by atoms with van der Waals surface area (Å²) in [5, 5.41) is 10.4. The Morgan fingerprint density at radius 2 is 2.11 bits per heavy atom. The van der Waals surface area contributed by atoms with E-state index in [9.17, 15) is 5.11 Å². The SMILES string of the molecule is COc1ccc(O)c(C=NCc2cccc(Cl)c2)c1. The number of aliphatic imine (C=N–C) groups is 1. The van der Waals surface area contributed by atoms with Gasteiger partial charge in [-0.15, -0.1) is 0 Å².